The van der Waals surface area contributed by atoms with Crippen molar-refractivity contribution in [2.75, 3.05) is 0 Å². The van der Waals surface area contributed by atoms with Crippen LogP contribution in [0.25, 0.3) is 0 Å². The Bertz CT molecular complexity index is 544. The van der Waals surface area contributed by atoms with E-state index in [0.29, 0.717) is 0 Å². The van der Waals surface area contributed by atoms with E-state index in [-0.39, 0.29) is 0 Å². The highest BCUT2D eigenvalue weighted by Gasteiger charge is 2.10. The van der Waals surface area contributed by atoms with Crippen molar-refractivity contribution >= 4 is 53.4 Å². The summed E-state index contributed by atoms with van der Waals surface area (Å²) in [5.41, 5.74) is 5.40. The summed E-state index contributed by atoms with van der Waals surface area (Å²) in [5, 5.41) is 1.80. The third-order valence-electron chi connectivity index (χ3n) is 3.08. The van der Waals surface area contributed by atoms with Gasteiger partial charge in [-0.3, -0.25) is 0 Å². The molecule has 20 heavy (non-hydrogen) atoms. The molecule has 0 bridgehead atoms. The zero-order valence-electron chi connectivity index (χ0n) is 11.5. The van der Waals surface area contributed by atoms with Gasteiger partial charge in [-0.05, 0) is 36.1 Å². The maximum atomic E-state index is 3.58. The van der Waals surface area contributed by atoms with E-state index in [1.54, 1.807) is 0 Å². The van der Waals surface area contributed by atoms with Crippen molar-refractivity contribution in [2.45, 2.75) is 34.3 Å². The first-order valence-corrected chi connectivity index (χ1v) is 10.7. The summed E-state index contributed by atoms with van der Waals surface area (Å²) < 4.78 is 0. The normalized spacial score (nSPS) is 10.8. The van der Waals surface area contributed by atoms with Crippen molar-refractivity contribution < 1.29 is 0 Å². The van der Waals surface area contributed by atoms with Crippen LogP contribution in [-0.2, 0) is 10.7 Å². The van der Waals surface area contributed by atoms with Gasteiger partial charge in [-0.1, -0.05) is 89.8 Å². The van der Waals surface area contributed by atoms with Crippen LogP contribution in [0.15, 0.2) is 46.2 Å². The molecule has 2 rings (SSSR count). The first-order chi connectivity index (χ1) is 9.67. The van der Waals surface area contributed by atoms with Crippen molar-refractivity contribution in [3.63, 3.8) is 0 Å². The molecule has 0 nitrogen and oxygen atoms in total. The fourth-order valence-corrected chi connectivity index (χ4v) is 6.26. The van der Waals surface area contributed by atoms with E-state index in [2.05, 4.69) is 82.1 Å². The molecular formula is C16H16Br2S2. The molecule has 0 aliphatic heterocycles. The Labute approximate surface area is 145 Å². The van der Waals surface area contributed by atoms with Gasteiger partial charge in [-0.15, -0.1) is 0 Å². The second kappa shape index (κ2) is 7.92. The molecule has 0 unspecified atom stereocenters. The van der Waals surface area contributed by atoms with E-state index in [0.717, 1.165) is 10.7 Å². The molecule has 0 aromatic heterocycles. The van der Waals surface area contributed by atoms with Crippen LogP contribution in [0.2, 0.25) is 0 Å². The summed E-state index contributed by atoms with van der Waals surface area (Å²) in [7, 11) is 3.72. The zero-order chi connectivity index (χ0) is 14.5. The van der Waals surface area contributed by atoms with E-state index in [1.807, 2.05) is 21.6 Å². The number of hydrogen-bond donors (Lipinski definition) is 0. The van der Waals surface area contributed by atoms with Gasteiger partial charge in [0.05, 0.1) is 0 Å². The van der Waals surface area contributed by atoms with Crippen LogP contribution < -0.4 is 0 Å². The SMILES string of the molecule is Cc1cccc(CBr)c1SSc1c(C)cccc1CBr. The van der Waals surface area contributed by atoms with Crippen molar-refractivity contribution in [1.29, 1.82) is 0 Å². The summed E-state index contributed by atoms with van der Waals surface area (Å²) >= 11 is 7.16. The molecule has 4 heteroatoms. The Morgan fingerprint density at radius 1 is 0.750 bits per heavy atom. The first-order valence-electron chi connectivity index (χ1n) is 6.30. The Balaban J connectivity index is 2.26. The van der Waals surface area contributed by atoms with Gasteiger partial charge in [0.2, 0.25) is 0 Å². The standard InChI is InChI=1S/C16H16Br2S2/c1-11-5-3-7-13(9-17)15(11)19-20-16-12(2)6-4-8-14(16)10-18/h3-8H,9-10H2,1-2H3. The Hall–Kier alpha value is 0.1000. The highest BCUT2D eigenvalue weighted by atomic mass is 79.9. The van der Waals surface area contributed by atoms with Crippen LogP contribution in [0.1, 0.15) is 22.3 Å². The summed E-state index contributed by atoms with van der Waals surface area (Å²) in [6.45, 7) is 4.36. The van der Waals surface area contributed by atoms with Gasteiger partial charge < -0.3 is 0 Å². The van der Waals surface area contributed by atoms with E-state index < -0.39 is 0 Å². The average Bonchev–Trinajstić information content (AvgIpc) is 2.46. The highest BCUT2D eigenvalue weighted by molar-refractivity contribution is 9.08. The average molecular weight is 432 g/mol. The summed E-state index contributed by atoms with van der Waals surface area (Å²) in [6, 6.07) is 13.0. The molecule has 106 valence electrons. The molecule has 0 saturated heterocycles. The third kappa shape index (κ3) is 3.85. The molecule has 2 aromatic rings. The van der Waals surface area contributed by atoms with Gasteiger partial charge in [0, 0.05) is 20.5 Å². The van der Waals surface area contributed by atoms with Crippen LogP contribution >= 0.6 is 53.4 Å². The number of aryl methyl sites for hydroxylation is 2. The smallest absolute Gasteiger partial charge is 0.0294 e. The Morgan fingerprint density at radius 3 is 1.50 bits per heavy atom. The molecule has 0 saturated carbocycles. The molecule has 0 heterocycles. The zero-order valence-corrected chi connectivity index (χ0v) is 16.3. The predicted molar refractivity (Wildman–Crippen MR) is 99.3 cm³/mol. The van der Waals surface area contributed by atoms with Gasteiger partial charge in [-0.25, -0.2) is 0 Å². The lowest BCUT2D eigenvalue weighted by atomic mass is 10.2. The predicted octanol–water partition coefficient (Wildman–Crippen LogP) is 6.89. The van der Waals surface area contributed by atoms with Crippen LogP contribution in [0.5, 0.6) is 0 Å². The van der Waals surface area contributed by atoms with E-state index in [1.165, 1.54) is 32.0 Å². The van der Waals surface area contributed by atoms with Crippen molar-refractivity contribution in [2.24, 2.45) is 0 Å². The summed E-state index contributed by atoms with van der Waals surface area (Å²) in [6.07, 6.45) is 0. The van der Waals surface area contributed by atoms with Crippen molar-refractivity contribution in [1.82, 2.24) is 0 Å². The van der Waals surface area contributed by atoms with Gasteiger partial charge >= 0.3 is 0 Å². The topological polar surface area (TPSA) is 0 Å². The minimum atomic E-state index is 0.899. The van der Waals surface area contributed by atoms with Crippen LogP contribution in [0.4, 0.5) is 0 Å². The minimum Gasteiger partial charge on any atom is -0.0876 e. The lowest BCUT2D eigenvalue weighted by Crippen LogP contribution is -1.88. The maximum absolute atomic E-state index is 3.58. The van der Waals surface area contributed by atoms with Gasteiger partial charge in [0.25, 0.3) is 0 Å². The van der Waals surface area contributed by atoms with Crippen LogP contribution in [0.3, 0.4) is 0 Å². The second-order valence-electron chi connectivity index (χ2n) is 4.56. The summed E-state index contributed by atoms with van der Waals surface area (Å²) in [5.74, 6) is 0. The highest BCUT2D eigenvalue weighted by Crippen LogP contribution is 2.44. The van der Waals surface area contributed by atoms with Crippen molar-refractivity contribution in [3.8, 4) is 0 Å². The number of benzene rings is 2. The fraction of sp³-hybridized carbons (Fsp3) is 0.250. The van der Waals surface area contributed by atoms with Crippen molar-refractivity contribution in [3.05, 3.63) is 58.7 Å². The van der Waals surface area contributed by atoms with E-state index in [4.69, 9.17) is 0 Å². The number of hydrogen-bond acceptors (Lipinski definition) is 2. The van der Waals surface area contributed by atoms with E-state index in [9.17, 15) is 0 Å². The molecule has 0 amide bonds. The molecule has 0 fully saturated rings. The lowest BCUT2D eigenvalue weighted by molar-refractivity contribution is 1.20. The van der Waals surface area contributed by atoms with Gasteiger partial charge in [0.15, 0.2) is 0 Å². The Kier molecular flexibility index (Phi) is 6.53. The van der Waals surface area contributed by atoms with Gasteiger partial charge in [0.1, 0.15) is 0 Å². The monoisotopic (exact) mass is 430 g/mol. The number of rotatable bonds is 5. The molecule has 0 aliphatic rings. The number of alkyl halides is 2. The largest absolute Gasteiger partial charge is 0.0876 e. The third-order valence-corrected chi connectivity index (χ3v) is 7.13. The molecule has 0 spiro atoms. The first kappa shape index (κ1) is 16.5. The molecule has 0 atom stereocenters. The molecular weight excluding hydrogens is 416 g/mol. The molecule has 0 aliphatic carbocycles. The maximum Gasteiger partial charge on any atom is 0.0294 e. The fourth-order valence-electron chi connectivity index (χ4n) is 1.96. The number of halogens is 2. The summed E-state index contributed by atoms with van der Waals surface area (Å²) in [4.78, 5) is 2.75. The quantitative estimate of drug-likeness (QED) is 0.373. The van der Waals surface area contributed by atoms with E-state index >= 15 is 0 Å². The van der Waals surface area contributed by atoms with Crippen LogP contribution in [-0.4, -0.2) is 0 Å². The minimum absolute atomic E-state index is 0.899. The molecule has 0 N–H and O–H groups in total. The lowest BCUT2D eigenvalue weighted by Gasteiger charge is -2.13. The van der Waals surface area contributed by atoms with Crippen LogP contribution in [0, 0.1) is 13.8 Å². The second-order valence-corrected chi connectivity index (χ2v) is 7.83. The molecule has 2 aromatic carbocycles. The Morgan fingerprint density at radius 2 is 1.15 bits per heavy atom. The molecule has 0 radical (unpaired) electrons. The van der Waals surface area contributed by atoms with Gasteiger partial charge in [-0.2, -0.15) is 0 Å².